The number of carbonyl (C=O) groups is 4. The van der Waals surface area contributed by atoms with Crippen LogP contribution in [0.2, 0.25) is 0 Å². The van der Waals surface area contributed by atoms with Gasteiger partial charge in [-0.15, -0.1) is 0 Å². The van der Waals surface area contributed by atoms with Gasteiger partial charge in [0.25, 0.3) is 0 Å². The van der Waals surface area contributed by atoms with Crippen molar-refractivity contribution in [3.05, 3.63) is 41.5 Å². The lowest BCUT2D eigenvalue weighted by Crippen LogP contribution is -2.42. The molecule has 3 rings (SSSR count). The molecule has 0 saturated carbocycles. The first-order chi connectivity index (χ1) is 16.5. The Hall–Kier alpha value is -3.36. The van der Waals surface area contributed by atoms with E-state index in [0.717, 1.165) is 12.8 Å². The Morgan fingerprint density at radius 3 is 2.31 bits per heavy atom. The summed E-state index contributed by atoms with van der Waals surface area (Å²) in [5.41, 5.74) is 5.48. The Balaban J connectivity index is 1.55. The number of benzene rings is 1. The minimum atomic E-state index is -1.18. The van der Waals surface area contributed by atoms with Crippen LogP contribution in [0.1, 0.15) is 67.2 Å². The number of likely N-dealkylation sites (tertiary alicyclic amines) is 2. The van der Waals surface area contributed by atoms with Crippen LogP contribution in [0.15, 0.2) is 30.4 Å². The number of nitrogens with two attached hydrogens (primary N) is 1. The third kappa shape index (κ3) is 6.83. The summed E-state index contributed by atoms with van der Waals surface area (Å²) < 4.78 is 5.42. The maximum Gasteiger partial charge on any atom is 0.410 e. The van der Waals surface area contributed by atoms with Crippen molar-refractivity contribution in [2.45, 2.75) is 52.1 Å². The first kappa shape index (κ1) is 26.2. The van der Waals surface area contributed by atoms with E-state index in [4.69, 9.17) is 10.5 Å². The number of carbonyl (C=O) groups excluding carboxylic acids is 3. The number of carboxylic acid groups (broad SMARTS) is 1. The number of ether oxygens (including phenoxy) is 1. The molecule has 3 N–H and O–H groups in total. The van der Waals surface area contributed by atoms with E-state index in [1.165, 1.54) is 18.2 Å². The Labute approximate surface area is 205 Å². The van der Waals surface area contributed by atoms with Crippen LogP contribution in [-0.2, 0) is 9.53 Å². The van der Waals surface area contributed by atoms with Crippen LogP contribution in [0.4, 0.5) is 10.5 Å². The van der Waals surface area contributed by atoms with Crippen LogP contribution in [-0.4, -0.2) is 70.4 Å². The molecule has 0 aliphatic carbocycles. The topological polar surface area (TPSA) is 130 Å². The zero-order valence-corrected chi connectivity index (χ0v) is 20.7. The number of anilines is 1. The third-order valence-electron chi connectivity index (χ3n) is 6.41. The molecule has 2 heterocycles. The Morgan fingerprint density at radius 2 is 1.69 bits per heavy atom. The number of amides is 2. The van der Waals surface area contributed by atoms with Crippen LogP contribution in [0.3, 0.4) is 0 Å². The summed E-state index contributed by atoms with van der Waals surface area (Å²) in [6, 6.07) is 4.41. The summed E-state index contributed by atoms with van der Waals surface area (Å²) in [7, 11) is 0. The van der Waals surface area contributed by atoms with Gasteiger partial charge in [-0.25, -0.2) is 9.59 Å². The van der Waals surface area contributed by atoms with Crippen molar-refractivity contribution in [2.24, 2.45) is 11.8 Å². The van der Waals surface area contributed by atoms with Gasteiger partial charge in [-0.2, -0.15) is 0 Å². The normalized spacial score (nSPS) is 19.6. The fourth-order valence-electron chi connectivity index (χ4n) is 4.50. The van der Waals surface area contributed by atoms with Gasteiger partial charge in [0.2, 0.25) is 5.91 Å². The summed E-state index contributed by atoms with van der Waals surface area (Å²) in [5.74, 6) is -1.80. The second-order valence-electron chi connectivity index (χ2n) is 10.2. The molecule has 0 bridgehead atoms. The van der Waals surface area contributed by atoms with Gasteiger partial charge >= 0.3 is 12.1 Å². The van der Waals surface area contributed by atoms with E-state index in [0.29, 0.717) is 32.5 Å². The molecule has 9 nitrogen and oxygen atoms in total. The minimum Gasteiger partial charge on any atom is -0.478 e. The molecular weight excluding hydrogens is 450 g/mol. The molecule has 2 amide bonds. The predicted molar refractivity (Wildman–Crippen MR) is 131 cm³/mol. The molecule has 35 heavy (non-hydrogen) atoms. The number of allylic oxidation sites excluding steroid dienone is 1. The van der Waals surface area contributed by atoms with E-state index < -0.39 is 17.5 Å². The van der Waals surface area contributed by atoms with Crippen molar-refractivity contribution in [3.63, 3.8) is 0 Å². The van der Waals surface area contributed by atoms with E-state index in [-0.39, 0.29) is 47.1 Å². The molecule has 2 aliphatic rings. The van der Waals surface area contributed by atoms with Crippen molar-refractivity contribution in [1.82, 2.24) is 9.80 Å². The summed E-state index contributed by atoms with van der Waals surface area (Å²) in [6.07, 6.45) is 5.96. The lowest BCUT2D eigenvalue weighted by Gasteiger charge is -2.33. The molecule has 9 heteroatoms. The summed E-state index contributed by atoms with van der Waals surface area (Å²) in [4.78, 5) is 52.8. The maximum atomic E-state index is 13.1. The molecule has 1 atom stereocenters. The highest BCUT2D eigenvalue weighted by Crippen LogP contribution is 2.26. The number of carboxylic acids is 1. The second-order valence-corrected chi connectivity index (χ2v) is 10.2. The maximum absolute atomic E-state index is 13.1. The van der Waals surface area contributed by atoms with E-state index in [9.17, 15) is 24.3 Å². The van der Waals surface area contributed by atoms with Crippen LogP contribution in [0, 0.1) is 11.8 Å². The largest absolute Gasteiger partial charge is 0.478 e. The summed E-state index contributed by atoms with van der Waals surface area (Å²) in [5, 5.41) is 9.27. The molecule has 2 saturated heterocycles. The molecule has 2 fully saturated rings. The highest BCUT2D eigenvalue weighted by molar-refractivity contribution is 6.07. The minimum absolute atomic E-state index is 0.0360. The molecule has 0 radical (unpaired) electrons. The first-order valence-electron chi connectivity index (χ1n) is 12.1. The van der Waals surface area contributed by atoms with Gasteiger partial charge in [-0.1, -0.05) is 12.1 Å². The number of hydrogen-bond acceptors (Lipinski definition) is 6. The summed E-state index contributed by atoms with van der Waals surface area (Å²) >= 11 is 0. The SMILES string of the molecule is CC(C)(C)OC(=O)N1CCC(/C=C/C(=O)N2CCC[C@@H](C(=O)c3cccc(C(=O)O)c3N)C2)CC1. The number of Topliss-reactive ketones (excluding diaryl/α,β-unsaturated/α-hetero) is 1. The van der Waals surface area contributed by atoms with E-state index in [1.54, 1.807) is 15.9 Å². The van der Waals surface area contributed by atoms with Crippen molar-refractivity contribution < 1.29 is 29.0 Å². The molecule has 2 aliphatic heterocycles. The van der Waals surface area contributed by atoms with E-state index in [1.807, 2.05) is 26.8 Å². The molecule has 1 aromatic rings. The molecular formula is C26H35N3O6. The van der Waals surface area contributed by atoms with Crippen LogP contribution in [0.25, 0.3) is 0 Å². The van der Waals surface area contributed by atoms with Crippen LogP contribution >= 0.6 is 0 Å². The number of ketones is 1. The molecule has 190 valence electrons. The number of hydrogen-bond donors (Lipinski definition) is 2. The fraction of sp³-hybridized carbons (Fsp3) is 0.538. The van der Waals surface area contributed by atoms with Crippen molar-refractivity contribution in [1.29, 1.82) is 0 Å². The van der Waals surface area contributed by atoms with Gasteiger partial charge in [-0.05, 0) is 70.6 Å². The monoisotopic (exact) mass is 485 g/mol. The standard InChI is InChI=1S/C26H35N3O6/c1-26(2,3)35-25(34)28-14-11-17(12-15-28)9-10-21(30)29-13-5-6-18(16-29)23(31)19-7-4-8-20(22(19)27)24(32)33/h4,7-10,17-18H,5-6,11-16,27H2,1-3H3,(H,32,33)/b10-9+/t18-/m1/s1. The number of aromatic carboxylic acids is 1. The fourth-order valence-corrected chi connectivity index (χ4v) is 4.50. The number of rotatable bonds is 5. The highest BCUT2D eigenvalue weighted by atomic mass is 16.6. The number of nitrogen functional groups attached to an aromatic ring is 1. The zero-order valence-electron chi connectivity index (χ0n) is 20.7. The quantitative estimate of drug-likeness (QED) is 0.370. The lowest BCUT2D eigenvalue weighted by atomic mass is 9.88. The number of piperidine rings is 2. The van der Waals surface area contributed by atoms with Gasteiger partial charge in [0, 0.05) is 37.7 Å². The molecule has 0 aromatic heterocycles. The van der Waals surface area contributed by atoms with Crippen molar-refractivity contribution >= 4 is 29.4 Å². The lowest BCUT2D eigenvalue weighted by molar-refractivity contribution is -0.127. The van der Waals surface area contributed by atoms with Crippen LogP contribution < -0.4 is 5.73 Å². The van der Waals surface area contributed by atoms with E-state index in [2.05, 4.69) is 0 Å². The van der Waals surface area contributed by atoms with Gasteiger partial charge < -0.3 is 25.4 Å². The van der Waals surface area contributed by atoms with Crippen molar-refractivity contribution in [3.8, 4) is 0 Å². The molecule has 0 spiro atoms. The summed E-state index contributed by atoms with van der Waals surface area (Å²) in [6.45, 7) is 7.52. The average molecular weight is 486 g/mol. The van der Waals surface area contributed by atoms with Gasteiger partial charge in [0.05, 0.1) is 11.3 Å². The highest BCUT2D eigenvalue weighted by Gasteiger charge is 2.31. The van der Waals surface area contributed by atoms with E-state index >= 15 is 0 Å². The zero-order chi connectivity index (χ0) is 25.8. The molecule has 1 aromatic carbocycles. The van der Waals surface area contributed by atoms with Crippen LogP contribution in [0.5, 0.6) is 0 Å². The molecule has 0 unspecified atom stereocenters. The Bertz CT molecular complexity index is 1000. The number of nitrogens with zero attached hydrogens (tertiary/aromatic N) is 2. The van der Waals surface area contributed by atoms with Gasteiger partial charge in [0.15, 0.2) is 5.78 Å². The Morgan fingerprint density at radius 1 is 1.03 bits per heavy atom. The first-order valence-corrected chi connectivity index (χ1v) is 12.1. The van der Waals surface area contributed by atoms with Gasteiger partial charge in [0.1, 0.15) is 5.60 Å². The van der Waals surface area contributed by atoms with Gasteiger partial charge in [-0.3, -0.25) is 9.59 Å². The third-order valence-corrected chi connectivity index (χ3v) is 6.41. The smallest absolute Gasteiger partial charge is 0.410 e. The Kier molecular flexibility index (Phi) is 8.19. The van der Waals surface area contributed by atoms with Crippen molar-refractivity contribution in [2.75, 3.05) is 31.9 Å². The second kappa shape index (κ2) is 10.9. The number of para-hydroxylation sites is 1. The predicted octanol–water partition coefficient (Wildman–Crippen LogP) is 3.59. The average Bonchev–Trinajstić information content (AvgIpc) is 2.81.